The largest absolute Gasteiger partial charge is 0.459 e. The lowest BCUT2D eigenvalue weighted by atomic mass is 9.86. The minimum absolute atomic E-state index is 0.0290. The van der Waals surface area contributed by atoms with Crippen LogP contribution in [0.1, 0.15) is 129 Å². The molecule has 302 valence electrons. The molecule has 55 heavy (non-hydrogen) atoms. The molecule has 1 unspecified atom stereocenters. The van der Waals surface area contributed by atoms with Crippen LogP contribution in [0.2, 0.25) is 0 Å². The van der Waals surface area contributed by atoms with E-state index in [1.54, 1.807) is 18.3 Å². The number of carbonyl (C=O) groups is 3. The Bertz CT molecular complexity index is 2030. The zero-order valence-corrected chi connectivity index (χ0v) is 35.2. The lowest BCUT2D eigenvalue weighted by molar-refractivity contribution is -0.142. The lowest BCUT2D eigenvalue weighted by Gasteiger charge is -2.33. The van der Waals surface area contributed by atoms with Crippen molar-refractivity contribution in [1.29, 1.82) is 0 Å². The van der Waals surface area contributed by atoms with E-state index >= 15 is 0 Å². The zero-order chi connectivity index (χ0) is 40.0. The smallest absolute Gasteiger partial charge is 0.297 e. The number of hydrogen-bond acceptors (Lipinski definition) is 10. The molecule has 0 radical (unpaired) electrons. The number of fused-ring (bicyclic) bond motifs is 6. The van der Waals surface area contributed by atoms with Crippen LogP contribution in [0, 0.1) is 11.3 Å². The maximum absolute atomic E-state index is 14.2. The molecule has 15 heteroatoms. The Hall–Kier alpha value is -3.56. The predicted octanol–water partition coefficient (Wildman–Crippen LogP) is 5.82. The van der Waals surface area contributed by atoms with Crippen molar-refractivity contribution in [2.75, 3.05) is 12.3 Å². The molecule has 5 atom stereocenters. The Balaban J connectivity index is 1.39. The van der Waals surface area contributed by atoms with Gasteiger partial charge >= 0.3 is 0 Å². The summed E-state index contributed by atoms with van der Waals surface area (Å²) in [4.78, 5) is 54.8. The summed E-state index contributed by atoms with van der Waals surface area (Å²) < 4.78 is 37.1. The summed E-state index contributed by atoms with van der Waals surface area (Å²) >= 11 is 1.71. The number of imidazole rings is 1. The van der Waals surface area contributed by atoms with Crippen molar-refractivity contribution in [1.82, 2.24) is 29.5 Å². The average molecular weight is 798 g/mol. The van der Waals surface area contributed by atoms with E-state index in [9.17, 15) is 22.8 Å². The second kappa shape index (κ2) is 15.8. The van der Waals surface area contributed by atoms with Gasteiger partial charge in [-0.15, -0.1) is 11.3 Å². The van der Waals surface area contributed by atoms with E-state index in [-0.39, 0.29) is 43.0 Å². The quantitative estimate of drug-likeness (QED) is 0.295. The fourth-order valence-corrected chi connectivity index (χ4v) is 10.3. The molecule has 2 fully saturated rings. The zero-order valence-electron chi connectivity index (χ0n) is 33.6. The standard InChI is InChI=1S/C40H59N7O6S2/c1-23(2)31-30-18-13-11-9-10-12-14-19-55(51,52)45-37(50)40(21-25(40)5)44-34(48)29-20-26(22-46(29)36(49)33(41)39(6,7)8)53-38-43-32-27(35(42-31)54-30)16-15-17-28(32)47(38)24(3)4/h15-17,23-26,29,33H,9-14,18-22,41H2,1-8H3,(H,44,48)(H,45,50)/t25?,26-,29+,33-,40-/m1/s1. The third-order valence-corrected chi connectivity index (χ3v) is 13.9. The van der Waals surface area contributed by atoms with Gasteiger partial charge in [-0.05, 0) is 68.9 Å². The van der Waals surface area contributed by atoms with Crippen LogP contribution in [0.5, 0.6) is 6.01 Å². The van der Waals surface area contributed by atoms with Crippen molar-refractivity contribution in [3.8, 4) is 16.6 Å². The van der Waals surface area contributed by atoms with Gasteiger partial charge in [-0.25, -0.2) is 13.4 Å². The number of para-hydroxylation sites is 1. The first-order valence-corrected chi connectivity index (χ1v) is 22.4. The number of thiazole rings is 1. The highest BCUT2D eigenvalue weighted by atomic mass is 32.2. The van der Waals surface area contributed by atoms with E-state index in [1.807, 2.05) is 37.5 Å². The van der Waals surface area contributed by atoms with Gasteiger partial charge in [0.25, 0.3) is 11.9 Å². The fraction of sp³-hybridized carbons (Fsp3) is 0.675. The molecule has 2 aliphatic heterocycles. The number of ether oxygens (including phenoxy) is 1. The number of nitrogens with two attached hydrogens (primary N) is 1. The van der Waals surface area contributed by atoms with Gasteiger partial charge in [-0.2, -0.15) is 4.98 Å². The first-order chi connectivity index (χ1) is 25.8. The minimum atomic E-state index is -3.92. The monoisotopic (exact) mass is 797 g/mol. The predicted molar refractivity (Wildman–Crippen MR) is 215 cm³/mol. The highest BCUT2D eigenvalue weighted by molar-refractivity contribution is 7.90. The van der Waals surface area contributed by atoms with E-state index in [0.717, 1.165) is 65.8 Å². The SMILES string of the molecule is CC(C)c1nc2sc1CCCCCCCCS(=O)(=O)NC(=O)[C@]1(CC1C)NC(=O)[C@@H]1C[C@H](CN1C(=O)[C@@H](N)C(C)(C)C)Oc1nc3c-2cccc3n1C(C)C. The highest BCUT2D eigenvalue weighted by Crippen LogP contribution is 2.44. The van der Waals surface area contributed by atoms with Crippen molar-refractivity contribution in [2.24, 2.45) is 17.1 Å². The van der Waals surface area contributed by atoms with E-state index in [0.29, 0.717) is 12.4 Å². The normalized spacial score (nSPS) is 26.1. The Kier molecular flexibility index (Phi) is 11.8. The molecule has 6 bridgehead atoms. The number of nitrogens with one attached hydrogen (secondary N) is 2. The van der Waals surface area contributed by atoms with Crippen LogP contribution >= 0.6 is 11.3 Å². The van der Waals surface area contributed by atoms with E-state index < -0.39 is 56.9 Å². The van der Waals surface area contributed by atoms with Crippen molar-refractivity contribution in [3.05, 3.63) is 28.8 Å². The number of likely N-dealkylation sites (tertiary alicyclic amines) is 1. The second-order valence-electron chi connectivity index (χ2n) is 17.5. The molecule has 4 N–H and O–H groups in total. The average Bonchev–Trinajstić information content (AvgIpc) is 3.47. The number of sulfonamides is 1. The molecular weight excluding hydrogens is 739 g/mol. The summed E-state index contributed by atoms with van der Waals surface area (Å²) in [6.07, 6.45) is 5.77. The van der Waals surface area contributed by atoms with Gasteiger partial charge in [0.05, 0.1) is 29.6 Å². The van der Waals surface area contributed by atoms with Gasteiger partial charge in [0.2, 0.25) is 21.8 Å². The Morgan fingerprint density at radius 3 is 2.36 bits per heavy atom. The van der Waals surface area contributed by atoms with Crippen molar-refractivity contribution in [2.45, 2.75) is 149 Å². The number of benzene rings is 1. The fourth-order valence-electron chi connectivity index (χ4n) is 7.88. The van der Waals surface area contributed by atoms with E-state index in [4.69, 9.17) is 20.4 Å². The van der Waals surface area contributed by atoms with Crippen LogP contribution in [-0.4, -0.2) is 81.6 Å². The highest BCUT2D eigenvalue weighted by Gasteiger charge is 2.60. The maximum Gasteiger partial charge on any atom is 0.297 e. The number of aryl methyl sites for hydroxylation is 1. The molecule has 1 saturated carbocycles. The molecular formula is C40H59N7O6S2. The third-order valence-electron chi connectivity index (χ3n) is 11.4. The molecule has 1 saturated heterocycles. The first kappa shape index (κ1) is 41.1. The summed E-state index contributed by atoms with van der Waals surface area (Å²) in [6, 6.07) is 4.52. The lowest BCUT2D eigenvalue weighted by Crippen LogP contribution is -2.58. The summed E-state index contributed by atoms with van der Waals surface area (Å²) in [7, 11) is -3.92. The minimum Gasteiger partial charge on any atom is -0.459 e. The Morgan fingerprint density at radius 1 is 1.05 bits per heavy atom. The molecule has 1 aromatic carbocycles. The Morgan fingerprint density at radius 2 is 1.73 bits per heavy atom. The van der Waals surface area contributed by atoms with Gasteiger partial charge in [-0.1, -0.05) is 73.3 Å². The molecule has 1 spiro atoms. The molecule has 3 aliphatic rings. The van der Waals surface area contributed by atoms with Crippen molar-refractivity contribution in [3.63, 3.8) is 0 Å². The molecule has 13 nitrogen and oxygen atoms in total. The maximum atomic E-state index is 14.2. The van der Waals surface area contributed by atoms with Gasteiger partial charge in [0.1, 0.15) is 28.2 Å². The topological polar surface area (TPSA) is 179 Å². The van der Waals surface area contributed by atoms with Crippen molar-refractivity contribution >= 4 is 50.1 Å². The summed E-state index contributed by atoms with van der Waals surface area (Å²) in [5.74, 6) is -1.92. The van der Waals surface area contributed by atoms with Gasteiger partial charge in [-0.3, -0.25) is 23.7 Å². The van der Waals surface area contributed by atoms with E-state index in [1.165, 1.54) is 9.78 Å². The summed E-state index contributed by atoms with van der Waals surface area (Å²) in [5.41, 5.74) is 8.19. The molecule has 3 aromatic rings. The number of amides is 3. The van der Waals surface area contributed by atoms with Gasteiger partial charge in [0, 0.05) is 22.9 Å². The van der Waals surface area contributed by atoms with Crippen LogP contribution in [0.3, 0.4) is 0 Å². The van der Waals surface area contributed by atoms with Crippen LogP contribution in [-0.2, 0) is 30.8 Å². The van der Waals surface area contributed by atoms with Crippen LogP contribution in [0.25, 0.3) is 21.6 Å². The molecule has 3 amide bonds. The van der Waals surface area contributed by atoms with Gasteiger partial charge < -0.3 is 20.7 Å². The number of aromatic nitrogens is 3. The molecule has 6 rings (SSSR count). The molecule has 2 aromatic heterocycles. The van der Waals surface area contributed by atoms with Crippen molar-refractivity contribution < 1.29 is 27.5 Å². The van der Waals surface area contributed by atoms with Crippen LogP contribution in [0.4, 0.5) is 0 Å². The summed E-state index contributed by atoms with van der Waals surface area (Å²) in [6.45, 7) is 15.9. The molecule has 4 heterocycles. The van der Waals surface area contributed by atoms with Gasteiger partial charge in [0.15, 0.2) is 0 Å². The van der Waals surface area contributed by atoms with E-state index in [2.05, 4.69) is 43.8 Å². The number of hydrogen-bond donors (Lipinski definition) is 3. The third kappa shape index (κ3) is 8.58. The summed E-state index contributed by atoms with van der Waals surface area (Å²) in [5, 5.41) is 3.79. The van der Waals surface area contributed by atoms with Crippen LogP contribution in [0.15, 0.2) is 18.2 Å². The number of rotatable bonds is 3. The Labute approximate surface area is 329 Å². The van der Waals surface area contributed by atoms with Crippen LogP contribution < -0.4 is 20.5 Å². The number of nitrogens with zero attached hydrogens (tertiary/aromatic N) is 4. The second-order valence-corrected chi connectivity index (χ2v) is 20.5. The number of carbonyl (C=O) groups excluding carboxylic acids is 3. The first-order valence-electron chi connectivity index (χ1n) is 19.9. The molecule has 1 aliphatic carbocycles.